The molecule has 0 bridgehead atoms. The number of rotatable bonds is 2. The Kier molecular flexibility index (Phi) is 4.43. The lowest BCUT2D eigenvalue weighted by Crippen LogP contribution is -2.60. The van der Waals surface area contributed by atoms with Crippen LogP contribution in [-0.4, -0.2) is 47.6 Å². The summed E-state index contributed by atoms with van der Waals surface area (Å²) in [5.41, 5.74) is 0.376. The van der Waals surface area contributed by atoms with Gasteiger partial charge in [-0.2, -0.15) is 11.8 Å². The lowest BCUT2D eigenvalue weighted by atomic mass is 9.84. The molecule has 2 fully saturated rings. The van der Waals surface area contributed by atoms with Crippen LogP contribution in [0.2, 0.25) is 0 Å². The van der Waals surface area contributed by atoms with Crippen molar-refractivity contribution in [2.45, 2.75) is 57.9 Å². The lowest BCUT2D eigenvalue weighted by Gasteiger charge is -2.44. The first-order valence-electron chi connectivity index (χ1n) is 7.06. The smallest absolute Gasteiger partial charge is 0.0244 e. The second-order valence-electron chi connectivity index (χ2n) is 6.76. The van der Waals surface area contributed by atoms with E-state index < -0.39 is 0 Å². The Morgan fingerprint density at radius 3 is 2.71 bits per heavy atom. The van der Waals surface area contributed by atoms with Crippen LogP contribution in [0.15, 0.2) is 0 Å². The molecule has 3 atom stereocenters. The molecule has 2 heterocycles. The first-order valence-corrected chi connectivity index (χ1v) is 8.11. The van der Waals surface area contributed by atoms with Gasteiger partial charge in [0.15, 0.2) is 0 Å². The van der Waals surface area contributed by atoms with Crippen molar-refractivity contribution >= 4 is 11.8 Å². The Morgan fingerprint density at radius 1 is 1.35 bits per heavy atom. The number of nitrogens with zero attached hydrogens (tertiary/aromatic N) is 1. The first kappa shape index (κ1) is 13.7. The van der Waals surface area contributed by atoms with Gasteiger partial charge in [-0.1, -0.05) is 20.8 Å². The van der Waals surface area contributed by atoms with Crippen LogP contribution in [0.3, 0.4) is 0 Å². The van der Waals surface area contributed by atoms with Crippen molar-refractivity contribution < 1.29 is 0 Å². The minimum Gasteiger partial charge on any atom is -0.311 e. The van der Waals surface area contributed by atoms with Gasteiger partial charge in [-0.3, -0.25) is 4.90 Å². The van der Waals surface area contributed by atoms with Gasteiger partial charge in [0, 0.05) is 37.0 Å². The fourth-order valence-corrected chi connectivity index (χ4v) is 4.10. The summed E-state index contributed by atoms with van der Waals surface area (Å²) in [6.07, 6.45) is 2.86. The Hall–Kier alpha value is 0.270. The number of hydrogen-bond donors (Lipinski definition) is 1. The summed E-state index contributed by atoms with van der Waals surface area (Å²) in [4.78, 5) is 2.72. The van der Waals surface area contributed by atoms with Gasteiger partial charge in [-0.15, -0.1) is 0 Å². The number of nitrogens with one attached hydrogen (secondary N) is 1. The van der Waals surface area contributed by atoms with Crippen molar-refractivity contribution in [3.63, 3.8) is 0 Å². The van der Waals surface area contributed by atoms with Crippen LogP contribution in [0, 0.1) is 5.41 Å². The highest BCUT2D eigenvalue weighted by molar-refractivity contribution is 8.00. The van der Waals surface area contributed by atoms with E-state index in [2.05, 4.69) is 49.7 Å². The summed E-state index contributed by atoms with van der Waals surface area (Å²) >= 11 is 2.18. The highest BCUT2D eigenvalue weighted by Crippen LogP contribution is 2.29. The maximum atomic E-state index is 3.72. The van der Waals surface area contributed by atoms with Gasteiger partial charge in [0.2, 0.25) is 0 Å². The Balaban J connectivity index is 1.90. The van der Waals surface area contributed by atoms with E-state index in [1.54, 1.807) is 0 Å². The van der Waals surface area contributed by atoms with Gasteiger partial charge in [0.1, 0.15) is 0 Å². The third kappa shape index (κ3) is 3.62. The molecule has 2 aliphatic heterocycles. The summed E-state index contributed by atoms with van der Waals surface area (Å²) < 4.78 is 0. The molecule has 0 saturated carbocycles. The van der Waals surface area contributed by atoms with Crippen LogP contribution in [0.25, 0.3) is 0 Å². The van der Waals surface area contributed by atoms with Crippen LogP contribution in [0.1, 0.15) is 40.5 Å². The third-order valence-electron chi connectivity index (χ3n) is 4.21. The second-order valence-corrected chi connectivity index (χ2v) is 8.17. The molecule has 100 valence electrons. The van der Waals surface area contributed by atoms with E-state index >= 15 is 0 Å². The van der Waals surface area contributed by atoms with Crippen LogP contribution >= 0.6 is 11.8 Å². The van der Waals surface area contributed by atoms with Crippen molar-refractivity contribution in [3.8, 4) is 0 Å². The van der Waals surface area contributed by atoms with Crippen LogP contribution < -0.4 is 5.32 Å². The molecule has 0 aromatic carbocycles. The van der Waals surface area contributed by atoms with Crippen LogP contribution in [-0.2, 0) is 0 Å². The Morgan fingerprint density at radius 2 is 2.12 bits per heavy atom. The average molecular weight is 256 g/mol. The fraction of sp³-hybridized carbons (Fsp3) is 1.00. The molecule has 0 spiro atoms. The summed E-state index contributed by atoms with van der Waals surface area (Å²) in [5, 5.41) is 4.61. The van der Waals surface area contributed by atoms with Gasteiger partial charge in [0.05, 0.1) is 0 Å². The molecule has 2 aliphatic rings. The zero-order valence-corrected chi connectivity index (χ0v) is 12.6. The minimum atomic E-state index is 0.376. The summed E-state index contributed by atoms with van der Waals surface area (Å²) in [7, 11) is 0. The standard InChI is InChI=1S/C14H28N2S/c1-11-8-15-13(14(2,3)4)10-16(11)9-12-6-5-7-17-12/h11-13,15H,5-10H2,1-4H3. The Bertz CT molecular complexity index is 243. The maximum Gasteiger partial charge on any atom is 0.0244 e. The fourth-order valence-electron chi connectivity index (χ4n) is 2.81. The van der Waals surface area contributed by atoms with Crippen LogP contribution in [0.5, 0.6) is 0 Å². The molecule has 3 heteroatoms. The maximum absolute atomic E-state index is 3.72. The molecule has 0 aliphatic carbocycles. The zero-order chi connectivity index (χ0) is 12.5. The quantitative estimate of drug-likeness (QED) is 0.817. The molecule has 0 radical (unpaired) electrons. The average Bonchev–Trinajstić information content (AvgIpc) is 2.72. The van der Waals surface area contributed by atoms with Gasteiger partial charge in [-0.05, 0) is 30.9 Å². The van der Waals surface area contributed by atoms with Crippen molar-refractivity contribution in [2.75, 3.05) is 25.4 Å². The molecule has 0 amide bonds. The van der Waals surface area contributed by atoms with Gasteiger partial charge in [0.25, 0.3) is 0 Å². The predicted molar refractivity (Wildman–Crippen MR) is 77.8 cm³/mol. The number of piperazine rings is 1. The van der Waals surface area contributed by atoms with E-state index in [-0.39, 0.29) is 0 Å². The van der Waals surface area contributed by atoms with Gasteiger partial charge < -0.3 is 5.32 Å². The molecule has 0 aromatic heterocycles. The molecule has 2 rings (SSSR count). The first-order chi connectivity index (χ1) is 7.97. The van der Waals surface area contributed by atoms with Crippen molar-refractivity contribution in [3.05, 3.63) is 0 Å². The lowest BCUT2D eigenvalue weighted by molar-refractivity contribution is 0.0940. The van der Waals surface area contributed by atoms with E-state index in [1.807, 2.05) is 0 Å². The Labute approximate surface area is 111 Å². The molecule has 1 N–H and O–H groups in total. The van der Waals surface area contributed by atoms with Crippen molar-refractivity contribution in [1.82, 2.24) is 10.2 Å². The number of hydrogen-bond acceptors (Lipinski definition) is 3. The van der Waals surface area contributed by atoms with Gasteiger partial charge >= 0.3 is 0 Å². The van der Waals surface area contributed by atoms with E-state index in [9.17, 15) is 0 Å². The molecular weight excluding hydrogens is 228 g/mol. The highest BCUT2D eigenvalue weighted by Gasteiger charge is 2.33. The third-order valence-corrected chi connectivity index (χ3v) is 5.59. The second kappa shape index (κ2) is 5.50. The topological polar surface area (TPSA) is 15.3 Å². The molecule has 0 aromatic rings. The van der Waals surface area contributed by atoms with E-state index in [4.69, 9.17) is 0 Å². The van der Waals surface area contributed by atoms with E-state index in [1.165, 1.54) is 31.7 Å². The molecule has 2 saturated heterocycles. The van der Waals surface area contributed by atoms with Crippen molar-refractivity contribution in [1.29, 1.82) is 0 Å². The molecule has 17 heavy (non-hydrogen) atoms. The minimum absolute atomic E-state index is 0.376. The van der Waals surface area contributed by atoms with E-state index in [0.29, 0.717) is 17.5 Å². The van der Waals surface area contributed by atoms with Crippen molar-refractivity contribution in [2.24, 2.45) is 5.41 Å². The van der Waals surface area contributed by atoms with Crippen LogP contribution in [0.4, 0.5) is 0 Å². The SMILES string of the molecule is CC1CNC(C(C)(C)C)CN1CC1CCCS1. The van der Waals surface area contributed by atoms with E-state index in [0.717, 1.165) is 11.8 Å². The molecule has 3 unspecified atom stereocenters. The zero-order valence-electron chi connectivity index (χ0n) is 11.8. The predicted octanol–water partition coefficient (Wildman–Crippen LogP) is 2.59. The largest absolute Gasteiger partial charge is 0.311 e. The summed E-state index contributed by atoms with van der Waals surface area (Å²) in [6.45, 7) is 13.1. The highest BCUT2D eigenvalue weighted by atomic mass is 32.2. The number of thioether (sulfide) groups is 1. The molecule has 2 nitrogen and oxygen atoms in total. The normalized spacial score (nSPS) is 36.4. The molecular formula is C14H28N2S. The summed E-state index contributed by atoms with van der Waals surface area (Å²) in [6, 6.07) is 1.35. The van der Waals surface area contributed by atoms with Gasteiger partial charge in [-0.25, -0.2) is 0 Å². The summed E-state index contributed by atoms with van der Waals surface area (Å²) in [5.74, 6) is 1.38. The monoisotopic (exact) mass is 256 g/mol.